The number of nitrogens with zero attached hydrogens (tertiary/aromatic N) is 1. The fraction of sp³-hybridized carbons (Fsp3) is 0.190. The Morgan fingerprint density at radius 3 is 2.57 bits per heavy atom. The normalized spacial score (nSPS) is 11.8. The highest BCUT2D eigenvalue weighted by atomic mass is 32.2. The molecule has 0 aliphatic heterocycles. The van der Waals surface area contributed by atoms with Gasteiger partial charge in [0, 0.05) is 10.9 Å². The second-order valence-electron chi connectivity index (χ2n) is 6.20. The van der Waals surface area contributed by atoms with Crippen molar-refractivity contribution < 1.29 is 14.0 Å². The zero-order valence-electron chi connectivity index (χ0n) is 15.2. The van der Waals surface area contributed by atoms with E-state index in [-0.39, 0.29) is 35.7 Å². The summed E-state index contributed by atoms with van der Waals surface area (Å²) < 4.78 is 13.7. The van der Waals surface area contributed by atoms with E-state index in [4.69, 9.17) is 0 Å². The minimum atomic E-state index is -0.367. The molecule has 4 nitrogen and oxygen atoms in total. The summed E-state index contributed by atoms with van der Waals surface area (Å²) >= 11 is 2.72. The number of rotatable bonds is 8. The van der Waals surface area contributed by atoms with Crippen LogP contribution in [0.1, 0.15) is 34.6 Å². The van der Waals surface area contributed by atoms with E-state index in [1.165, 1.54) is 47.4 Å². The first kappa shape index (κ1) is 20.2. The Bertz CT molecular complexity index is 943. The van der Waals surface area contributed by atoms with E-state index in [9.17, 15) is 14.0 Å². The van der Waals surface area contributed by atoms with E-state index in [1.54, 1.807) is 0 Å². The van der Waals surface area contributed by atoms with Gasteiger partial charge in [0.15, 0.2) is 10.1 Å². The number of halogens is 1. The molecule has 0 fully saturated rings. The van der Waals surface area contributed by atoms with Crippen LogP contribution in [0.3, 0.4) is 0 Å². The van der Waals surface area contributed by atoms with Gasteiger partial charge in [-0.15, -0.1) is 11.3 Å². The van der Waals surface area contributed by atoms with Crippen molar-refractivity contribution in [3.8, 4) is 0 Å². The van der Waals surface area contributed by atoms with E-state index in [1.807, 2.05) is 42.6 Å². The Hall–Kier alpha value is -2.51. The van der Waals surface area contributed by atoms with Gasteiger partial charge < -0.3 is 5.32 Å². The fourth-order valence-electron chi connectivity index (χ4n) is 2.56. The molecule has 3 aromatic rings. The Kier molecular flexibility index (Phi) is 6.95. The fourth-order valence-corrected chi connectivity index (χ4v) is 4.30. The lowest BCUT2D eigenvalue weighted by atomic mass is 10.1. The average Bonchev–Trinajstić information content (AvgIpc) is 3.14. The molecule has 0 aliphatic carbocycles. The third-order valence-electron chi connectivity index (χ3n) is 4.04. The first-order valence-corrected chi connectivity index (χ1v) is 10.6. The lowest BCUT2D eigenvalue weighted by Gasteiger charge is -2.13. The molecule has 0 spiro atoms. The van der Waals surface area contributed by atoms with Crippen LogP contribution in [0.15, 0.2) is 64.3 Å². The predicted molar refractivity (Wildman–Crippen MR) is 110 cm³/mol. The summed E-state index contributed by atoms with van der Waals surface area (Å²) in [5.74, 6) is -0.332. The van der Waals surface area contributed by atoms with Gasteiger partial charge in [-0.2, -0.15) is 0 Å². The van der Waals surface area contributed by atoms with Gasteiger partial charge in [-0.3, -0.25) is 9.59 Å². The molecule has 0 saturated carbocycles. The summed E-state index contributed by atoms with van der Waals surface area (Å²) in [6, 6.07) is 15.2. The van der Waals surface area contributed by atoms with Crippen LogP contribution in [0.25, 0.3) is 0 Å². The Morgan fingerprint density at radius 1 is 1.14 bits per heavy atom. The average molecular weight is 415 g/mol. The number of amides is 1. The maximum Gasteiger partial charge on any atom is 0.226 e. The zero-order chi connectivity index (χ0) is 19.9. The highest BCUT2D eigenvalue weighted by Gasteiger charge is 2.13. The standard InChI is InChI=1S/C21H19FN2O2S2/c1-14(15-5-3-2-4-6-15)23-20(26)11-18-12-27-21(24-18)28-13-19(25)16-7-9-17(22)10-8-16/h2-10,12,14H,11,13H2,1H3,(H,23,26). The van der Waals surface area contributed by atoms with Crippen molar-refractivity contribution in [1.82, 2.24) is 10.3 Å². The molecule has 0 radical (unpaired) electrons. The van der Waals surface area contributed by atoms with Crippen molar-refractivity contribution in [2.24, 2.45) is 0 Å². The van der Waals surface area contributed by atoms with Crippen LogP contribution in [0.5, 0.6) is 0 Å². The van der Waals surface area contributed by atoms with Crippen LogP contribution >= 0.6 is 23.1 Å². The van der Waals surface area contributed by atoms with Crippen LogP contribution < -0.4 is 5.32 Å². The van der Waals surface area contributed by atoms with Crippen molar-refractivity contribution in [3.05, 3.63) is 82.6 Å². The number of carbonyl (C=O) groups excluding carboxylic acids is 2. The van der Waals surface area contributed by atoms with Gasteiger partial charge in [0.05, 0.1) is 23.9 Å². The second-order valence-corrected chi connectivity index (χ2v) is 8.28. The summed E-state index contributed by atoms with van der Waals surface area (Å²) in [5, 5.41) is 4.80. The number of ketones is 1. The molecule has 2 aromatic carbocycles. The highest BCUT2D eigenvalue weighted by molar-refractivity contribution is 8.01. The van der Waals surface area contributed by atoms with Gasteiger partial charge in [-0.1, -0.05) is 42.1 Å². The Morgan fingerprint density at radius 2 is 1.86 bits per heavy atom. The van der Waals surface area contributed by atoms with Crippen LogP contribution in [0.4, 0.5) is 4.39 Å². The van der Waals surface area contributed by atoms with Crippen molar-refractivity contribution >= 4 is 34.8 Å². The van der Waals surface area contributed by atoms with Crippen LogP contribution in [0, 0.1) is 5.82 Å². The molecular weight excluding hydrogens is 395 g/mol. The maximum absolute atomic E-state index is 12.9. The number of aromatic nitrogens is 1. The molecular formula is C21H19FN2O2S2. The summed E-state index contributed by atoms with van der Waals surface area (Å²) in [6.45, 7) is 1.94. The highest BCUT2D eigenvalue weighted by Crippen LogP contribution is 2.24. The molecule has 1 N–H and O–H groups in total. The van der Waals surface area contributed by atoms with Crippen molar-refractivity contribution in [1.29, 1.82) is 0 Å². The second kappa shape index (κ2) is 9.61. The molecule has 1 aromatic heterocycles. The summed E-state index contributed by atoms with van der Waals surface area (Å²) in [4.78, 5) is 28.8. The molecule has 144 valence electrons. The summed E-state index contributed by atoms with van der Waals surface area (Å²) in [5.41, 5.74) is 2.20. The minimum absolute atomic E-state index is 0.0745. The topological polar surface area (TPSA) is 59.1 Å². The molecule has 7 heteroatoms. The molecule has 28 heavy (non-hydrogen) atoms. The predicted octanol–water partition coefficient (Wildman–Crippen LogP) is 4.68. The maximum atomic E-state index is 12.9. The smallest absolute Gasteiger partial charge is 0.226 e. The number of nitrogens with one attached hydrogen (secondary N) is 1. The lowest BCUT2D eigenvalue weighted by Crippen LogP contribution is -2.28. The number of hydrogen-bond donors (Lipinski definition) is 1. The van der Waals surface area contributed by atoms with E-state index >= 15 is 0 Å². The van der Waals surface area contributed by atoms with E-state index < -0.39 is 0 Å². The zero-order valence-corrected chi connectivity index (χ0v) is 16.9. The molecule has 0 bridgehead atoms. The number of thioether (sulfide) groups is 1. The van der Waals surface area contributed by atoms with Crippen LogP contribution in [0.2, 0.25) is 0 Å². The quantitative estimate of drug-likeness (QED) is 0.430. The summed E-state index contributed by atoms with van der Waals surface area (Å²) in [6.07, 6.45) is 0.195. The number of Topliss-reactive ketones (excluding diaryl/α,β-unsaturated/α-hetero) is 1. The third-order valence-corrected chi connectivity index (χ3v) is 6.11. The number of carbonyl (C=O) groups is 2. The lowest BCUT2D eigenvalue weighted by molar-refractivity contribution is -0.121. The van der Waals surface area contributed by atoms with Gasteiger partial charge in [0.2, 0.25) is 5.91 Å². The van der Waals surface area contributed by atoms with Gasteiger partial charge >= 0.3 is 0 Å². The van der Waals surface area contributed by atoms with Crippen molar-refractivity contribution in [2.45, 2.75) is 23.7 Å². The molecule has 0 aliphatic rings. The van der Waals surface area contributed by atoms with Crippen LogP contribution in [-0.4, -0.2) is 22.4 Å². The molecule has 3 rings (SSSR count). The van der Waals surface area contributed by atoms with E-state index in [0.29, 0.717) is 11.3 Å². The first-order valence-electron chi connectivity index (χ1n) is 8.71. The van der Waals surface area contributed by atoms with Gasteiger partial charge in [-0.25, -0.2) is 9.37 Å². The molecule has 1 unspecified atom stereocenters. The van der Waals surface area contributed by atoms with Gasteiger partial charge in [0.25, 0.3) is 0 Å². The Balaban J connectivity index is 1.49. The molecule has 1 atom stereocenters. The monoisotopic (exact) mass is 414 g/mol. The third kappa shape index (κ3) is 5.74. The molecule has 1 amide bonds. The van der Waals surface area contributed by atoms with Gasteiger partial charge in [0.1, 0.15) is 5.82 Å². The molecule has 1 heterocycles. The molecule has 0 saturated heterocycles. The Labute approximate surface area is 171 Å². The number of benzene rings is 2. The van der Waals surface area contributed by atoms with Gasteiger partial charge in [-0.05, 0) is 36.8 Å². The summed E-state index contributed by atoms with van der Waals surface area (Å²) in [7, 11) is 0. The minimum Gasteiger partial charge on any atom is -0.349 e. The number of thiazole rings is 1. The SMILES string of the molecule is CC(NC(=O)Cc1csc(SCC(=O)c2ccc(F)cc2)n1)c1ccccc1. The van der Waals surface area contributed by atoms with Crippen molar-refractivity contribution in [3.63, 3.8) is 0 Å². The first-order chi connectivity index (χ1) is 13.5. The van der Waals surface area contributed by atoms with E-state index in [0.717, 1.165) is 9.90 Å². The number of hydrogen-bond acceptors (Lipinski definition) is 5. The van der Waals surface area contributed by atoms with Crippen molar-refractivity contribution in [2.75, 3.05) is 5.75 Å². The largest absolute Gasteiger partial charge is 0.349 e. The van der Waals surface area contributed by atoms with Crippen LogP contribution in [-0.2, 0) is 11.2 Å². The van der Waals surface area contributed by atoms with E-state index in [2.05, 4.69) is 10.3 Å².